The van der Waals surface area contributed by atoms with Gasteiger partial charge in [-0.3, -0.25) is 14.6 Å². The van der Waals surface area contributed by atoms with Crippen molar-refractivity contribution in [3.05, 3.63) is 59.4 Å². The maximum Gasteiger partial charge on any atom is 0.252 e. The van der Waals surface area contributed by atoms with Crippen molar-refractivity contribution in [2.75, 3.05) is 18.4 Å². The first-order chi connectivity index (χ1) is 11.1. The highest BCUT2D eigenvalue weighted by Gasteiger charge is 2.20. The zero-order valence-electron chi connectivity index (χ0n) is 12.7. The minimum atomic E-state index is -0.569. The summed E-state index contributed by atoms with van der Waals surface area (Å²) in [7, 11) is 0. The number of amides is 2. The lowest BCUT2D eigenvalue weighted by Crippen LogP contribution is -2.39. The van der Waals surface area contributed by atoms with Crippen molar-refractivity contribution >= 4 is 17.5 Å². The Morgan fingerprint density at radius 1 is 1.22 bits per heavy atom. The predicted molar refractivity (Wildman–Crippen MR) is 86.8 cm³/mol. The smallest absolute Gasteiger partial charge is 0.252 e. The molecule has 0 unspecified atom stereocenters. The maximum atomic E-state index is 12.4. The lowest BCUT2D eigenvalue weighted by atomic mass is 10.00. The molecule has 2 heterocycles. The number of hydrogen-bond donors (Lipinski definition) is 2. The third-order valence-electron chi connectivity index (χ3n) is 4.00. The van der Waals surface area contributed by atoms with E-state index in [2.05, 4.69) is 22.4 Å². The summed E-state index contributed by atoms with van der Waals surface area (Å²) in [6.45, 7) is 1.44. The summed E-state index contributed by atoms with van der Waals surface area (Å²) < 4.78 is 0. The van der Waals surface area contributed by atoms with Gasteiger partial charge >= 0.3 is 0 Å². The zero-order chi connectivity index (χ0) is 16.2. The quantitative estimate of drug-likeness (QED) is 0.887. The van der Waals surface area contributed by atoms with Crippen molar-refractivity contribution < 1.29 is 9.59 Å². The Morgan fingerprint density at radius 3 is 2.78 bits per heavy atom. The van der Waals surface area contributed by atoms with Crippen LogP contribution in [0.3, 0.4) is 0 Å². The third kappa shape index (κ3) is 3.31. The molecule has 2 aromatic rings. The first-order valence-corrected chi connectivity index (χ1v) is 7.47. The van der Waals surface area contributed by atoms with Crippen LogP contribution in [0.5, 0.6) is 0 Å². The number of aromatic nitrogens is 1. The summed E-state index contributed by atoms with van der Waals surface area (Å²) in [4.78, 5) is 29.4. The van der Waals surface area contributed by atoms with E-state index in [0.717, 1.165) is 6.42 Å². The zero-order valence-corrected chi connectivity index (χ0v) is 12.7. The Hall–Kier alpha value is -2.89. The summed E-state index contributed by atoms with van der Waals surface area (Å²) in [6.07, 6.45) is 3.81. The highest BCUT2D eigenvalue weighted by Crippen LogP contribution is 2.19. The summed E-state index contributed by atoms with van der Waals surface area (Å²) in [5.41, 5.74) is 8.60. The molecule has 0 saturated heterocycles. The van der Waals surface area contributed by atoms with E-state index in [1.54, 1.807) is 12.3 Å². The van der Waals surface area contributed by atoms with Gasteiger partial charge in [0.15, 0.2) is 0 Å². The van der Waals surface area contributed by atoms with Crippen LogP contribution >= 0.6 is 0 Å². The van der Waals surface area contributed by atoms with E-state index < -0.39 is 5.91 Å². The Bertz CT molecular complexity index is 745. The fraction of sp³-hybridized carbons (Fsp3) is 0.235. The highest BCUT2D eigenvalue weighted by atomic mass is 16.2. The molecular formula is C17H18N4O2. The monoisotopic (exact) mass is 310 g/mol. The van der Waals surface area contributed by atoms with Crippen molar-refractivity contribution in [1.82, 2.24) is 9.88 Å². The van der Waals surface area contributed by atoms with E-state index in [9.17, 15) is 9.59 Å². The first-order valence-electron chi connectivity index (χ1n) is 7.47. The number of nitrogens with two attached hydrogens (primary N) is 1. The SMILES string of the molecule is NC(=O)c1cnccc1NCC(=O)N1CCc2ccccc2C1. The second kappa shape index (κ2) is 6.48. The average molecular weight is 310 g/mol. The first kappa shape index (κ1) is 15.0. The minimum Gasteiger partial charge on any atom is -0.375 e. The van der Waals surface area contributed by atoms with Crippen molar-refractivity contribution in [2.24, 2.45) is 5.73 Å². The molecule has 2 amide bonds. The number of benzene rings is 1. The second-order valence-electron chi connectivity index (χ2n) is 5.47. The fourth-order valence-corrected chi connectivity index (χ4v) is 2.74. The van der Waals surface area contributed by atoms with Gasteiger partial charge in [0.25, 0.3) is 5.91 Å². The molecule has 0 saturated carbocycles. The van der Waals surface area contributed by atoms with E-state index in [1.807, 2.05) is 17.0 Å². The molecule has 0 atom stereocenters. The van der Waals surface area contributed by atoms with Gasteiger partial charge in [-0.2, -0.15) is 0 Å². The molecule has 6 nitrogen and oxygen atoms in total. The highest BCUT2D eigenvalue weighted by molar-refractivity contribution is 5.98. The standard InChI is InChI=1S/C17H18N4O2/c18-17(23)14-9-19-7-5-15(14)20-10-16(22)21-8-6-12-3-1-2-4-13(12)11-21/h1-5,7,9H,6,8,10-11H2,(H2,18,23)(H,19,20). The van der Waals surface area contributed by atoms with Crippen molar-refractivity contribution in [3.8, 4) is 0 Å². The molecule has 118 valence electrons. The molecule has 1 aliphatic rings. The number of fused-ring (bicyclic) bond motifs is 1. The molecule has 0 spiro atoms. The van der Waals surface area contributed by atoms with Crippen LogP contribution < -0.4 is 11.1 Å². The van der Waals surface area contributed by atoms with Crippen LogP contribution in [0.25, 0.3) is 0 Å². The Morgan fingerprint density at radius 2 is 2.00 bits per heavy atom. The Labute approximate surface area is 134 Å². The van der Waals surface area contributed by atoms with Crippen LogP contribution in [0.1, 0.15) is 21.5 Å². The van der Waals surface area contributed by atoms with Crippen LogP contribution in [0, 0.1) is 0 Å². The molecule has 0 radical (unpaired) electrons. The van der Waals surface area contributed by atoms with Crippen molar-refractivity contribution in [2.45, 2.75) is 13.0 Å². The van der Waals surface area contributed by atoms with E-state index in [-0.39, 0.29) is 18.0 Å². The molecule has 1 aromatic heterocycles. The molecule has 0 aliphatic carbocycles. The molecule has 0 bridgehead atoms. The molecule has 0 fully saturated rings. The number of nitrogens with one attached hydrogen (secondary N) is 1. The summed E-state index contributed by atoms with van der Waals surface area (Å²) in [5.74, 6) is -0.577. The number of pyridine rings is 1. The number of carbonyl (C=O) groups is 2. The van der Waals surface area contributed by atoms with Gasteiger partial charge in [-0.1, -0.05) is 24.3 Å². The molecule has 1 aliphatic heterocycles. The van der Waals surface area contributed by atoms with E-state index in [1.165, 1.54) is 17.3 Å². The van der Waals surface area contributed by atoms with Crippen LogP contribution in [-0.2, 0) is 17.8 Å². The van der Waals surface area contributed by atoms with Crippen LogP contribution in [0.15, 0.2) is 42.7 Å². The van der Waals surface area contributed by atoms with Gasteiger partial charge < -0.3 is 16.0 Å². The van der Waals surface area contributed by atoms with Gasteiger partial charge in [-0.25, -0.2) is 0 Å². The largest absolute Gasteiger partial charge is 0.375 e. The number of anilines is 1. The normalized spacial score (nSPS) is 13.3. The third-order valence-corrected chi connectivity index (χ3v) is 4.00. The van der Waals surface area contributed by atoms with Crippen LogP contribution in [0.4, 0.5) is 5.69 Å². The van der Waals surface area contributed by atoms with Crippen LogP contribution in [0.2, 0.25) is 0 Å². The topological polar surface area (TPSA) is 88.3 Å². The number of carbonyl (C=O) groups excluding carboxylic acids is 2. The number of primary amides is 1. The molecule has 23 heavy (non-hydrogen) atoms. The lowest BCUT2D eigenvalue weighted by Gasteiger charge is -2.29. The number of nitrogens with zero attached hydrogens (tertiary/aromatic N) is 2. The lowest BCUT2D eigenvalue weighted by molar-refractivity contribution is -0.130. The van der Waals surface area contributed by atoms with Crippen molar-refractivity contribution in [3.63, 3.8) is 0 Å². The molecular weight excluding hydrogens is 292 g/mol. The summed E-state index contributed by atoms with van der Waals surface area (Å²) in [6, 6.07) is 9.80. The van der Waals surface area contributed by atoms with Gasteiger partial charge in [0, 0.05) is 25.5 Å². The second-order valence-corrected chi connectivity index (χ2v) is 5.47. The van der Waals surface area contributed by atoms with Gasteiger partial charge in [-0.15, -0.1) is 0 Å². The minimum absolute atomic E-state index is 0.00765. The molecule has 1 aromatic carbocycles. The predicted octanol–water partition coefficient (Wildman–Crippen LogP) is 1.18. The van der Waals surface area contributed by atoms with Gasteiger partial charge in [0.2, 0.25) is 5.91 Å². The Balaban J connectivity index is 1.64. The van der Waals surface area contributed by atoms with Crippen molar-refractivity contribution in [1.29, 1.82) is 0 Å². The van der Waals surface area contributed by atoms with E-state index in [0.29, 0.717) is 18.8 Å². The van der Waals surface area contributed by atoms with Gasteiger partial charge in [0.1, 0.15) is 0 Å². The average Bonchev–Trinajstić information content (AvgIpc) is 2.59. The maximum absolute atomic E-state index is 12.4. The molecule has 6 heteroatoms. The fourth-order valence-electron chi connectivity index (χ4n) is 2.74. The van der Waals surface area contributed by atoms with Gasteiger partial charge in [-0.05, 0) is 23.6 Å². The summed E-state index contributed by atoms with van der Waals surface area (Å²) >= 11 is 0. The van der Waals surface area contributed by atoms with E-state index in [4.69, 9.17) is 5.73 Å². The van der Waals surface area contributed by atoms with Crippen LogP contribution in [-0.4, -0.2) is 34.8 Å². The number of hydrogen-bond acceptors (Lipinski definition) is 4. The number of rotatable bonds is 4. The molecule has 3 rings (SSSR count). The Kier molecular flexibility index (Phi) is 4.23. The molecule has 3 N–H and O–H groups in total. The van der Waals surface area contributed by atoms with Gasteiger partial charge in [0.05, 0.1) is 17.8 Å². The van der Waals surface area contributed by atoms with E-state index >= 15 is 0 Å². The summed E-state index contributed by atoms with van der Waals surface area (Å²) in [5, 5.41) is 2.98.